The number of halogens is 2. The second-order valence-electron chi connectivity index (χ2n) is 6.06. The van der Waals surface area contributed by atoms with Gasteiger partial charge >= 0.3 is 0 Å². The molecule has 1 aliphatic heterocycles. The van der Waals surface area contributed by atoms with E-state index < -0.39 is 6.10 Å². The van der Waals surface area contributed by atoms with E-state index in [0.717, 1.165) is 12.8 Å². The predicted molar refractivity (Wildman–Crippen MR) is 93.0 cm³/mol. The first kappa shape index (κ1) is 19.1. The molecule has 6 nitrogen and oxygen atoms in total. The van der Waals surface area contributed by atoms with Crippen molar-refractivity contribution in [1.82, 2.24) is 5.32 Å². The summed E-state index contributed by atoms with van der Waals surface area (Å²) in [5, 5.41) is 13.5. The Labute approximate surface area is 152 Å². The minimum atomic E-state index is -0.859. The molecular weight excluding hydrogens is 355 g/mol. The largest absolute Gasteiger partial charge is 0.486 e. The first-order valence-electron chi connectivity index (χ1n) is 7.85. The number of nitrogens with two attached hydrogens (primary N) is 1. The number of amides is 1. The van der Waals surface area contributed by atoms with Crippen molar-refractivity contribution >= 4 is 29.9 Å². The summed E-state index contributed by atoms with van der Waals surface area (Å²) in [6.07, 6.45) is 1.53. The molecule has 1 saturated carbocycles. The number of carbonyl (C=O) groups is 1. The van der Waals surface area contributed by atoms with Crippen molar-refractivity contribution in [1.29, 1.82) is 0 Å². The molecule has 3 rings (SSSR count). The van der Waals surface area contributed by atoms with Crippen molar-refractivity contribution in [2.45, 2.75) is 31.4 Å². The average Bonchev–Trinajstić information content (AvgIpc) is 2.99. The summed E-state index contributed by atoms with van der Waals surface area (Å²) in [6.45, 7) is 1.02. The maximum Gasteiger partial charge on any atom is 0.223 e. The van der Waals surface area contributed by atoms with Crippen molar-refractivity contribution in [3.8, 4) is 11.5 Å². The highest BCUT2D eigenvalue weighted by Gasteiger charge is 2.28. The highest BCUT2D eigenvalue weighted by Crippen LogP contribution is 2.39. The Balaban J connectivity index is 0.00000208. The molecule has 134 valence electrons. The van der Waals surface area contributed by atoms with Gasteiger partial charge in [0.05, 0.1) is 11.1 Å². The van der Waals surface area contributed by atoms with Gasteiger partial charge in [0.2, 0.25) is 5.91 Å². The van der Waals surface area contributed by atoms with Gasteiger partial charge in [0.25, 0.3) is 0 Å². The molecule has 0 radical (unpaired) electrons. The SMILES string of the molecule is Cl.NC1CCC(C(=O)NCC(O)c2cc(Cl)c3c(c2)OCCO3)C1. The van der Waals surface area contributed by atoms with Gasteiger partial charge in [-0.2, -0.15) is 0 Å². The standard InChI is InChI=1S/C16H21ClN2O4.ClH/c17-12-6-10(7-14-15(12)23-4-3-22-14)13(20)8-19-16(21)9-1-2-11(18)5-9;/h6-7,9,11,13,20H,1-5,8,18H2,(H,19,21);1H. The molecule has 8 heteroatoms. The maximum atomic E-state index is 12.1. The van der Waals surface area contributed by atoms with Crippen LogP contribution in [0.3, 0.4) is 0 Å². The quantitative estimate of drug-likeness (QED) is 0.744. The molecule has 1 amide bonds. The fourth-order valence-electron chi connectivity index (χ4n) is 3.04. The van der Waals surface area contributed by atoms with E-state index >= 15 is 0 Å². The van der Waals surface area contributed by atoms with Gasteiger partial charge in [-0.25, -0.2) is 0 Å². The number of benzene rings is 1. The van der Waals surface area contributed by atoms with Gasteiger partial charge in [-0.05, 0) is 37.0 Å². The highest BCUT2D eigenvalue weighted by atomic mass is 35.5. The molecule has 24 heavy (non-hydrogen) atoms. The molecule has 0 aromatic heterocycles. The van der Waals surface area contributed by atoms with E-state index in [4.69, 9.17) is 26.8 Å². The second kappa shape index (κ2) is 8.25. The van der Waals surface area contributed by atoms with Gasteiger partial charge in [0.1, 0.15) is 13.2 Å². The Hall–Kier alpha value is -1.21. The molecule has 3 unspecified atom stereocenters. The van der Waals surface area contributed by atoms with Gasteiger partial charge in [-0.15, -0.1) is 12.4 Å². The third-order valence-corrected chi connectivity index (χ3v) is 4.60. The molecule has 3 atom stereocenters. The Bertz CT molecular complexity index is 600. The monoisotopic (exact) mass is 376 g/mol. The molecule has 1 heterocycles. The van der Waals surface area contributed by atoms with E-state index in [9.17, 15) is 9.90 Å². The van der Waals surface area contributed by atoms with Gasteiger partial charge in [-0.1, -0.05) is 11.6 Å². The van der Waals surface area contributed by atoms with Crippen LogP contribution in [-0.2, 0) is 4.79 Å². The lowest BCUT2D eigenvalue weighted by Gasteiger charge is -2.22. The van der Waals surface area contributed by atoms with Crippen molar-refractivity contribution < 1.29 is 19.4 Å². The third kappa shape index (κ3) is 4.25. The van der Waals surface area contributed by atoms with Crippen LogP contribution in [0.1, 0.15) is 30.9 Å². The number of fused-ring (bicyclic) bond motifs is 1. The molecular formula is C16H22Cl2N2O4. The first-order valence-corrected chi connectivity index (χ1v) is 8.23. The van der Waals surface area contributed by atoms with Crippen molar-refractivity contribution in [2.24, 2.45) is 11.7 Å². The predicted octanol–water partition coefficient (Wildman–Crippen LogP) is 1.81. The summed E-state index contributed by atoms with van der Waals surface area (Å²) in [4.78, 5) is 12.1. The number of aliphatic hydroxyl groups excluding tert-OH is 1. The number of hydrogen-bond donors (Lipinski definition) is 3. The van der Waals surface area contributed by atoms with Crippen LogP contribution in [0.25, 0.3) is 0 Å². The minimum absolute atomic E-state index is 0. The number of ether oxygens (including phenoxy) is 2. The zero-order valence-corrected chi connectivity index (χ0v) is 14.7. The van der Waals surface area contributed by atoms with E-state index in [-0.39, 0.29) is 36.8 Å². The summed E-state index contributed by atoms with van der Waals surface area (Å²) < 4.78 is 10.9. The van der Waals surface area contributed by atoms with Crippen LogP contribution in [0.5, 0.6) is 11.5 Å². The third-order valence-electron chi connectivity index (χ3n) is 4.32. The van der Waals surface area contributed by atoms with Crippen molar-refractivity contribution in [3.63, 3.8) is 0 Å². The van der Waals surface area contributed by atoms with Crippen LogP contribution in [0.4, 0.5) is 0 Å². The Morgan fingerprint density at radius 2 is 2.12 bits per heavy atom. The van der Waals surface area contributed by atoms with Gasteiger partial charge < -0.3 is 25.6 Å². The van der Waals surface area contributed by atoms with Crippen LogP contribution < -0.4 is 20.5 Å². The first-order chi connectivity index (χ1) is 11.0. The molecule has 2 aliphatic rings. The molecule has 0 spiro atoms. The smallest absolute Gasteiger partial charge is 0.223 e. The number of carbonyl (C=O) groups excluding carboxylic acids is 1. The summed E-state index contributed by atoms with van der Waals surface area (Å²) in [5.74, 6) is 0.908. The van der Waals surface area contributed by atoms with Crippen molar-refractivity contribution in [2.75, 3.05) is 19.8 Å². The molecule has 1 aromatic rings. The summed E-state index contributed by atoms with van der Waals surface area (Å²) in [7, 11) is 0. The molecule has 1 fully saturated rings. The normalized spacial score (nSPS) is 23.3. The lowest BCUT2D eigenvalue weighted by atomic mass is 10.1. The Morgan fingerprint density at radius 1 is 1.38 bits per heavy atom. The second-order valence-corrected chi connectivity index (χ2v) is 6.47. The molecule has 1 aliphatic carbocycles. The summed E-state index contributed by atoms with van der Waals surface area (Å²) in [6, 6.07) is 3.44. The number of aliphatic hydroxyl groups is 1. The van der Waals surface area contributed by atoms with Gasteiger partial charge in [0, 0.05) is 18.5 Å². The van der Waals surface area contributed by atoms with E-state index in [0.29, 0.717) is 41.7 Å². The highest BCUT2D eigenvalue weighted by molar-refractivity contribution is 6.32. The van der Waals surface area contributed by atoms with Crippen LogP contribution >= 0.6 is 24.0 Å². The van der Waals surface area contributed by atoms with E-state index in [1.165, 1.54) is 0 Å². The molecule has 4 N–H and O–H groups in total. The van der Waals surface area contributed by atoms with Crippen LogP contribution in [0, 0.1) is 5.92 Å². The zero-order valence-electron chi connectivity index (χ0n) is 13.2. The summed E-state index contributed by atoms with van der Waals surface area (Å²) >= 11 is 6.16. The van der Waals surface area contributed by atoms with Crippen LogP contribution in [0.15, 0.2) is 12.1 Å². The maximum absolute atomic E-state index is 12.1. The zero-order chi connectivity index (χ0) is 16.4. The fraction of sp³-hybridized carbons (Fsp3) is 0.562. The van der Waals surface area contributed by atoms with Gasteiger partial charge in [0.15, 0.2) is 11.5 Å². The van der Waals surface area contributed by atoms with Crippen LogP contribution in [-0.4, -0.2) is 36.8 Å². The fourth-order valence-corrected chi connectivity index (χ4v) is 3.31. The topological polar surface area (TPSA) is 93.8 Å². The number of hydrogen-bond acceptors (Lipinski definition) is 5. The average molecular weight is 377 g/mol. The number of nitrogens with one attached hydrogen (secondary N) is 1. The molecule has 1 aromatic carbocycles. The summed E-state index contributed by atoms with van der Waals surface area (Å²) in [5.41, 5.74) is 6.41. The van der Waals surface area contributed by atoms with E-state index in [1.807, 2.05) is 0 Å². The van der Waals surface area contributed by atoms with Gasteiger partial charge in [-0.3, -0.25) is 4.79 Å². The minimum Gasteiger partial charge on any atom is -0.486 e. The Kier molecular flexibility index (Phi) is 6.57. The Morgan fingerprint density at radius 3 is 2.83 bits per heavy atom. The van der Waals surface area contributed by atoms with Crippen LogP contribution in [0.2, 0.25) is 5.02 Å². The number of rotatable bonds is 4. The lowest BCUT2D eigenvalue weighted by Crippen LogP contribution is -2.33. The molecule has 0 saturated heterocycles. The van der Waals surface area contributed by atoms with E-state index in [1.54, 1.807) is 12.1 Å². The van der Waals surface area contributed by atoms with E-state index in [2.05, 4.69) is 5.32 Å². The molecule has 0 bridgehead atoms. The lowest BCUT2D eigenvalue weighted by molar-refractivity contribution is -0.125. The van der Waals surface area contributed by atoms with Crippen molar-refractivity contribution in [3.05, 3.63) is 22.7 Å².